The Morgan fingerprint density at radius 3 is 2.28 bits per heavy atom. The largest absolute Gasteiger partial charge is 0.326 e. The Morgan fingerprint density at radius 2 is 1.89 bits per heavy atom. The van der Waals surface area contributed by atoms with E-state index in [1.807, 2.05) is 0 Å². The molecule has 0 spiro atoms. The summed E-state index contributed by atoms with van der Waals surface area (Å²) in [4.78, 5) is 2.68. The average molecular weight is 264 g/mol. The van der Waals surface area contributed by atoms with Crippen molar-refractivity contribution in [3.63, 3.8) is 0 Å². The molecule has 2 saturated carbocycles. The Morgan fingerprint density at radius 1 is 1.28 bits per heavy atom. The summed E-state index contributed by atoms with van der Waals surface area (Å²) in [5, 5.41) is 4.46. The Hall–Kier alpha value is -0.380. The van der Waals surface area contributed by atoms with Crippen LogP contribution < -0.4 is 5.73 Å². The molecule has 2 fully saturated rings. The van der Waals surface area contributed by atoms with Gasteiger partial charge in [0.2, 0.25) is 0 Å². The molecule has 0 radical (unpaired) electrons. The van der Waals surface area contributed by atoms with Crippen molar-refractivity contribution in [1.82, 2.24) is 4.90 Å². The van der Waals surface area contributed by atoms with E-state index in [1.165, 1.54) is 44.3 Å². The summed E-state index contributed by atoms with van der Waals surface area (Å²) in [5.41, 5.74) is 7.71. The monoisotopic (exact) mass is 264 g/mol. The van der Waals surface area contributed by atoms with Crippen LogP contribution in [0.4, 0.5) is 0 Å². The Labute approximate surface area is 114 Å². The highest BCUT2D eigenvalue weighted by Gasteiger charge is 2.34. The molecule has 3 heteroatoms. The van der Waals surface area contributed by atoms with E-state index < -0.39 is 0 Å². The third kappa shape index (κ3) is 3.14. The van der Waals surface area contributed by atoms with Gasteiger partial charge in [0.15, 0.2) is 0 Å². The molecule has 0 aliphatic heterocycles. The van der Waals surface area contributed by atoms with Crippen LogP contribution in [0.3, 0.4) is 0 Å². The fourth-order valence-corrected chi connectivity index (χ4v) is 3.55. The molecular weight excluding hydrogens is 240 g/mol. The second-order valence-corrected chi connectivity index (χ2v) is 6.98. The van der Waals surface area contributed by atoms with Crippen LogP contribution in [0, 0.1) is 11.8 Å². The van der Waals surface area contributed by atoms with Crippen molar-refractivity contribution in [2.24, 2.45) is 17.6 Å². The zero-order valence-electron chi connectivity index (χ0n) is 11.2. The molecule has 1 aromatic heterocycles. The second kappa shape index (κ2) is 5.32. The fourth-order valence-electron chi connectivity index (χ4n) is 2.86. The standard InChI is InChI=1S/C15H24N2S/c1-11(16)15(14-6-7-18-10-14)17(8-12-2-3-12)9-13-4-5-13/h6-7,10-13,15H,2-5,8-9,16H2,1H3. The summed E-state index contributed by atoms with van der Waals surface area (Å²) in [5.74, 6) is 1.90. The van der Waals surface area contributed by atoms with Crippen molar-refractivity contribution in [2.75, 3.05) is 13.1 Å². The minimum absolute atomic E-state index is 0.220. The van der Waals surface area contributed by atoms with Crippen molar-refractivity contribution in [2.45, 2.75) is 44.7 Å². The quantitative estimate of drug-likeness (QED) is 0.819. The molecule has 1 heterocycles. The van der Waals surface area contributed by atoms with E-state index in [0.717, 1.165) is 11.8 Å². The third-order valence-corrected chi connectivity index (χ3v) is 4.86. The smallest absolute Gasteiger partial charge is 0.0504 e. The Kier molecular flexibility index (Phi) is 3.73. The van der Waals surface area contributed by atoms with Gasteiger partial charge in [0.05, 0.1) is 6.04 Å². The summed E-state index contributed by atoms with van der Waals surface area (Å²) in [6.07, 6.45) is 5.71. The molecule has 100 valence electrons. The maximum Gasteiger partial charge on any atom is 0.0504 e. The highest BCUT2D eigenvalue weighted by atomic mass is 32.1. The molecular formula is C15H24N2S. The van der Waals surface area contributed by atoms with Crippen LogP contribution >= 0.6 is 11.3 Å². The maximum absolute atomic E-state index is 6.28. The highest BCUT2D eigenvalue weighted by molar-refractivity contribution is 7.07. The fraction of sp³-hybridized carbons (Fsp3) is 0.733. The maximum atomic E-state index is 6.28. The lowest BCUT2D eigenvalue weighted by Crippen LogP contribution is -2.41. The Balaban J connectivity index is 1.74. The van der Waals surface area contributed by atoms with E-state index in [2.05, 4.69) is 28.7 Å². The molecule has 0 bridgehead atoms. The number of nitrogens with zero attached hydrogens (tertiary/aromatic N) is 1. The van der Waals surface area contributed by atoms with Crippen molar-refractivity contribution >= 4 is 11.3 Å². The van der Waals surface area contributed by atoms with E-state index in [4.69, 9.17) is 5.73 Å². The van der Waals surface area contributed by atoms with Gasteiger partial charge in [-0.3, -0.25) is 4.90 Å². The van der Waals surface area contributed by atoms with Gasteiger partial charge < -0.3 is 5.73 Å². The minimum atomic E-state index is 0.220. The first-order valence-electron chi connectivity index (χ1n) is 7.25. The minimum Gasteiger partial charge on any atom is -0.326 e. The normalized spacial score (nSPS) is 23.3. The summed E-state index contributed by atoms with van der Waals surface area (Å²) < 4.78 is 0. The van der Waals surface area contributed by atoms with Crippen molar-refractivity contribution in [1.29, 1.82) is 0 Å². The van der Waals surface area contributed by atoms with Crippen molar-refractivity contribution in [3.8, 4) is 0 Å². The van der Waals surface area contributed by atoms with Crippen LogP contribution in [0.25, 0.3) is 0 Å². The molecule has 3 rings (SSSR count). The first-order chi connectivity index (χ1) is 8.74. The molecule has 0 saturated heterocycles. The number of thiophene rings is 1. The molecule has 0 aromatic carbocycles. The average Bonchev–Trinajstić information content (AvgIpc) is 3.23. The second-order valence-electron chi connectivity index (χ2n) is 6.20. The third-order valence-electron chi connectivity index (χ3n) is 4.16. The summed E-state index contributed by atoms with van der Waals surface area (Å²) >= 11 is 1.79. The van der Waals surface area contributed by atoms with Gasteiger partial charge >= 0.3 is 0 Å². The first-order valence-corrected chi connectivity index (χ1v) is 8.20. The number of rotatable bonds is 7. The molecule has 2 aliphatic rings. The van der Waals surface area contributed by atoms with Crippen LogP contribution in [0.1, 0.15) is 44.2 Å². The van der Waals surface area contributed by atoms with Gasteiger partial charge in [-0.1, -0.05) is 0 Å². The lowest BCUT2D eigenvalue weighted by Gasteiger charge is -2.34. The zero-order valence-corrected chi connectivity index (χ0v) is 12.0. The number of hydrogen-bond donors (Lipinski definition) is 1. The van der Waals surface area contributed by atoms with E-state index in [1.54, 1.807) is 11.3 Å². The van der Waals surface area contributed by atoms with E-state index >= 15 is 0 Å². The molecule has 2 atom stereocenters. The Bertz CT molecular complexity index is 352. The van der Waals surface area contributed by atoms with Crippen molar-refractivity contribution in [3.05, 3.63) is 22.4 Å². The topological polar surface area (TPSA) is 29.3 Å². The molecule has 2 unspecified atom stereocenters. The van der Waals surface area contributed by atoms with Gasteiger partial charge in [-0.05, 0) is 66.8 Å². The van der Waals surface area contributed by atoms with Gasteiger partial charge in [0.25, 0.3) is 0 Å². The van der Waals surface area contributed by atoms with Gasteiger partial charge in [-0.2, -0.15) is 11.3 Å². The SMILES string of the molecule is CC(N)C(c1ccsc1)N(CC1CC1)CC1CC1. The summed E-state index contributed by atoms with van der Waals surface area (Å²) in [6.45, 7) is 4.69. The first kappa shape index (κ1) is 12.6. The van der Waals surface area contributed by atoms with Gasteiger partial charge in [-0.25, -0.2) is 0 Å². The zero-order chi connectivity index (χ0) is 12.5. The number of hydrogen-bond acceptors (Lipinski definition) is 3. The summed E-state index contributed by atoms with van der Waals surface area (Å²) in [7, 11) is 0. The molecule has 2 N–H and O–H groups in total. The van der Waals surface area contributed by atoms with E-state index in [0.29, 0.717) is 6.04 Å². The predicted octanol–water partition coefficient (Wildman–Crippen LogP) is 3.26. The molecule has 2 aliphatic carbocycles. The molecule has 2 nitrogen and oxygen atoms in total. The van der Waals surface area contributed by atoms with Crippen LogP contribution in [0.5, 0.6) is 0 Å². The molecule has 0 amide bonds. The lowest BCUT2D eigenvalue weighted by molar-refractivity contribution is 0.162. The van der Waals surface area contributed by atoms with E-state index in [9.17, 15) is 0 Å². The van der Waals surface area contributed by atoms with Crippen LogP contribution in [-0.4, -0.2) is 24.0 Å². The summed E-state index contributed by atoms with van der Waals surface area (Å²) in [6, 6.07) is 2.90. The predicted molar refractivity (Wildman–Crippen MR) is 77.7 cm³/mol. The van der Waals surface area contributed by atoms with E-state index in [-0.39, 0.29) is 6.04 Å². The van der Waals surface area contributed by atoms with Crippen molar-refractivity contribution < 1.29 is 0 Å². The van der Waals surface area contributed by atoms with Crippen LogP contribution in [0.2, 0.25) is 0 Å². The van der Waals surface area contributed by atoms with Crippen LogP contribution in [0.15, 0.2) is 16.8 Å². The van der Waals surface area contributed by atoms with Gasteiger partial charge in [0.1, 0.15) is 0 Å². The van der Waals surface area contributed by atoms with Crippen LogP contribution in [-0.2, 0) is 0 Å². The molecule has 18 heavy (non-hydrogen) atoms. The van der Waals surface area contributed by atoms with Gasteiger partial charge in [-0.15, -0.1) is 0 Å². The van der Waals surface area contributed by atoms with Gasteiger partial charge in [0, 0.05) is 19.1 Å². The lowest BCUT2D eigenvalue weighted by atomic mass is 10.0. The number of nitrogens with two attached hydrogens (primary N) is 1. The molecule has 1 aromatic rings. The highest BCUT2D eigenvalue weighted by Crippen LogP contribution is 2.38.